The van der Waals surface area contributed by atoms with Gasteiger partial charge in [-0.1, -0.05) is 41.9 Å². The Labute approximate surface area is 139 Å². The van der Waals surface area contributed by atoms with Crippen molar-refractivity contribution in [3.05, 3.63) is 77.6 Å². The van der Waals surface area contributed by atoms with E-state index < -0.39 is 0 Å². The maximum atomic E-state index is 11.4. The molecule has 3 rings (SSSR count). The Morgan fingerprint density at radius 1 is 0.957 bits per heavy atom. The van der Waals surface area contributed by atoms with Crippen LogP contribution in [0.4, 0.5) is 17.3 Å². The first-order chi connectivity index (χ1) is 11.2. The first-order valence-electron chi connectivity index (χ1n) is 7.09. The maximum Gasteiger partial charge on any atom is 0.234 e. The molecule has 0 aliphatic carbocycles. The maximum absolute atomic E-state index is 11.4. The number of carbonyl (C=O) groups excluding carboxylic acids is 1. The quantitative estimate of drug-likeness (QED) is 0.647. The summed E-state index contributed by atoms with van der Waals surface area (Å²) in [6, 6.07) is 17.2. The number of benzene rings is 2. The van der Waals surface area contributed by atoms with Crippen molar-refractivity contribution in [3.63, 3.8) is 0 Å². The van der Waals surface area contributed by atoms with Crippen LogP contribution in [-0.4, -0.2) is 15.8 Å². The van der Waals surface area contributed by atoms with E-state index in [0.29, 0.717) is 16.5 Å². The standard InChI is InChI=1S/C18H14ClN3O/c1-13(23)14-11-20-18(21-12-14)22(15-7-3-2-4-8-15)17-10-6-5-9-16(17)19/h2-12H,1H3. The van der Waals surface area contributed by atoms with E-state index in [1.165, 1.54) is 19.3 Å². The van der Waals surface area contributed by atoms with E-state index in [2.05, 4.69) is 9.97 Å². The number of ketones is 1. The minimum Gasteiger partial charge on any atom is -0.294 e. The Hall–Kier alpha value is -2.72. The lowest BCUT2D eigenvalue weighted by molar-refractivity contribution is 0.101. The summed E-state index contributed by atoms with van der Waals surface area (Å²) in [5.74, 6) is 0.384. The van der Waals surface area contributed by atoms with Gasteiger partial charge in [0.1, 0.15) is 0 Å². The van der Waals surface area contributed by atoms with Gasteiger partial charge in [0.15, 0.2) is 5.78 Å². The molecular weight excluding hydrogens is 310 g/mol. The smallest absolute Gasteiger partial charge is 0.234 e. The Morgan fingerprint density at radius 3 is 2.17 bits per heavy atom. The Morgan fingerprint density at radius 2 is 1.57 bits per heavy atom. The van der Waals surface area contributed by atoms with E-state index in [-0.39, 0.29) is 5.78 Å². The van der Waals surface area contributed by atoms with Gasteiger partial charge < -0.3 is 0 Å². The second-order valence-corrected chi connectivity index (χ2v) is 5.36. The first-order valence-corrected chi connectivity index (χ1v) is 7.47. The summed E-state index contributed by atoms with van der Waals surface area (Å²) >= 11 is 6.35. The van der Waals surface area contributed by atoms with Gasteiger partial charge in [-0.2, -0.15) is 0 Å². The zero-order chi connectivity index (χ0) is 16.2. The zero-order valence-corrected chi connectivity index (χ0v) is 13.2. The van der Waals surface area contributed by atoms with Crippen LogP contribution in [0, 0.1) is 0 Å². The van der Waals surface area contributed by atoms with E-state index >= 15 is 0 Å². The highest BCUT2D eigenvalue weighted by Gasteiger charge is 2.17. The van der Waals surface area contributed by atoms with Gasteiger partial charge in [-0.15, -0.1) is 0 Å². The van der Waals surface area contributed by atoms with E-state index in [9.17, 15) is 4.79 Å². The number of para-hydroxylation sites is 2. The Bertz CT molecular complexity index is 819. The Balaban J connectivity index is 2.13. The molecule has 23 heavy (non-hydrogen) atoms. The van der Waals surface area contributed by atoms with Gasteiger partial charge in [-0.3, -0.25) is 9.69 Å². The van der Waals surface area contributed by atoms with Crippen LogP contribution in [0.15, 0.2) is 67.0 Å². The van der Waals surface area contributed by atoms with Gasteiger partial charge in [-0.05, 0) is 31.2 Å². The molecule has 5 heteroatoms. The molecule has 114 valence electrons. The third-order valence-electron chi connectivity index (χ3n) is 3.35. The van der Waals surface area contributed by atoms with E-state index in [1.807, 2.05) is 59.5 Å². The summed E-state index contributed by atoms with van der Waals surface area (Å²) < 4.78 is 0. The number of hydrogen-bond acceptors (Lipinski definition) is 4. The molecule has 0 fully saturated rings. The fraction of sp³-hybridized carbons (Fsp3) is 0.0556. The number of carbonyl (C=O) groups is 1. The molecule has 0 saturated heterocycles. The molecule has 2 aromatic carbocycles. The Kier molecular flexibility index (Phi) is 4.35. The molecule has 1 heterocycles. The molecule has 0 saturated carbocycles. The van der Waals surface area contributed by atoms with Crippen molar-refractivity contribution in [2.24, 2.45) is 0 Å². The lowest BCUT2D eigenvalue weighted by atomic mass is 10.2. The van der Waals surface area contributed by atoms with Crippen LogP contribution in [0.5, 0.6) is 0 Å². The molecule has 3 aromatic rings. The normalized spacial score (nSPS) is 10.3. The molecular formula is C18H14ClN3O. The average molecular weight is 324 g/mol. The summed E-state index contributed by atoms with van der Waals surface area (Å²) in [5.41, 5.74) is 2.13. The molecule has 0 atom stereocenters. The van der Waals surface area contributed by atoms with Crippen molar-refractivity contribution in [2.75, 3.05) is 4.90 Å². The van der Waals surface area contributed by atoms with Crippen molar-refractivity contribution in [3.8, 4) is 0 Å². The van der Waals surface area contributed by atoms with E-state index in [1.54, 1.807) is 0 Å². The summed E-state index contributed by atoms with van der Waals surface area (Å²) in [6.45, 7) is 1.49. The largest absolute Gasteiger partial charge is 0.294 e. The molecule has 0 amide bonds. The predicted molar refractivity (Wildman–Crippen MR) is 91.7 cm³/mol. The SMILES string of the molecule is CC(=O)c1cnc(N(c2ccccc2)c2ccccc2Cl)nc1. The van der Waals surface area contributed by atoms with Crippen LogP contribution in [0.1, 0.15) is 17.3 Å². The third-order valence-corrected chi connectivity index (χ3v) is 3.67. The van der Waals surface area contributed by atoms with Gasteiger partial charge in [0.2, 0.25) is 5.95 Å². The van der Waals surface area contributed by atoms with Gasteiger partial charge in [0.05, 0.1) is 16.3 Å². The third kappa shape index (κ3) is 3.22. The van der Waals surface area contributed by atoms with Crippen LogP contribution in [-0.2, 0) is 0 Å². The highest BCUT2D eigenvalue weighted by molar-refractivity contribution is 6.33. The van der Waals surface area contributed by atoms with Gasteiger partial charge in [0, 0.05) is 18.1 Å². The van der Waals surface area contributed by atoms with E-state index in [0.717, 1.165) is 11.4 Å². The number of hydrogen-bond donors (Lipinski definition) is 0. The van der Waals surface area contributed by atoms with Gasteiger partial charge >= 0.3 is 0 Å². The van der Waals surface area contributed by atoms with Crippen molar-refractivity contribution in [2.45, 2.75) is 6.92 Å². The van der Waals surface area contributed by atoms with Crippen molar-refractivity contribution >= 4 is 34.7 Å². The highest BCUT2D eigenvalue weighted by atomic mass is 35.5. The van der Waals surface area contributed by atoms with Crippen molar-refractivity contribution in [1.82, 2.24) is 9.97 Å². The van der Waals surface area contributed by atoms with Crippen molar-refractivity contribution < 1.29 is 4.79 Å². The number of rotatable bonds is 4. The molecule has 0 aliphatic heterocycles. The summed E-state index contributed by atoms with van der Waals surface area (Å²) in [4.78, 5) is 21.9. The minimum absolute atomic E-state index is 0.0689. The topological polar surface area (TPSA) is 46.1 Å². The fourth-order valence-corrected chi connectivity index (χ4v) is 2.41. The lowest BCUT2D eigenvalue weighted by Gasteiger charge is -2.23. The monoisotopic (exact) mass is 323 g/mol. The second-order valence-electron chi connectivity index (χ2n) is 4.95. The molecule has 0 unspecified atom stereocenters. The molecule has 4 nitrogen and oxygen atoms in total. The molecule has 1 aromatic heterocycles. The fourth-order valence-electron chi connectivity index (χ4n) is 2.19. The summed E-state index contributed by atoms with van der Waals surface area (Å²) in [5, 5.41) is 0.593. The first kappa shape index (κ1) is 15.2. The molecule has 0 N–H and O–H groups in total. The number of halogens is 1. The number of Topliss-reactive ketones (excluding diaryl/α,β-unsaturated/α-hetero) is 1. The second kappa shape index (κ2) is 6.58. The predicted octanol–water partition coefficient (Wildman–Crippen LogP) is 4.80. The van der Waals surface area contributed by atoms with Crippen LogP contribution in [0.3, 0.4) is 0 Å². The zero-order valence-electron chi connectivity index (χ0n) is 12.5. The van der Waals surface area contributed by atoms with Crippen LogP contribution >= 0.6 is 11.6 Å². The van der Waals surface area contributed by atoms with Crippen LogP contribution in [0.2, 0.25) is 5.02 Å². The van der Waals surface area contributed by atoms with Crippen LogP contribution < -0.4 is 4.90 Å². The van der Waals surface area contributed by atoms with E-state index in [4.69, 9.17) is 11.6 Å². The number of nitrogens with zero attached hydrogens (tertiary/aromatic N) is 3. The summed E-state index contributed by atoms with van der Waals surface area (Å²) in [6.07, 6.45) is 3.05. The molecule has 0 bridgehead atoms. The molecule has 0 aliphatic rings. The number of anilines is 3. The highest BCUT2D eigenvalue weighted by Crippen LogP contribution is 2.36. The van der Waals surface area contributed by atoms with Crippen molar-refractivity contribution in [1.29, 1.82) is 0 Å². The lowest BCUT2D eigenvalue weighted by Crippen LogP contribution is -2.14. The number of aromatic nitrogens is 2. The molecule has 0 radical (unpaired) electrons. The summed E-state index contributed by atoms with van der Waals surface area (Å²) in [7, 11) is 0. The van der Waals surface area contributed by atoms with Crippen LogP contribution in [0.25, 0.3) is 0 Å². The molecule has 0 spiro atoms. The average Bonchev–Trinajstić information content (AvgIpc) is 2.58. The van der Waals surface area contributed by atoms with Gasteiger partial charge in [-0.25, -0.2) is 9.97 Å². The minimum atomic E-state index is -0.0689. The van der Waals surface area contributed by atoms with Gasteiger partial charge in [0.25, 0.3) is 0 Å².